The number of nitrogens with zero attached hydrogens (tertiary/aromatic N) is 2. The molecule has 1 fully saturated rings. The Balaban J connectivity index is 1.51. The van der Waals surface area contributed by atoms with E-state index in [4.69, 9.17) is 9.47 Å². The highest BCUT2D eigenvalue weighted by atomic mass is 16.5. The van der Waals surface area contributed by atoms with Crippen LogP contribution in [0, 0.1) is 0 Å². The first-order chi connectivity index (χ1) is 14.4. The van der Waals surface area contributed by atoms with Crippen molar-refractivity contribution in [2.75, 3.05) is 57.4 Å². The van der Waals surface area contributed by atoms with Crippen molar-refractivity contribution in [2.45, 2.75) is 45.4 Å². The molecule has 0 atom stereocenters. The normalized spacial score (nSPS) is 17.4. The number of morpholine rings is 1. The highest BCUT2D eigenvalue weighted by Gasteiger charge is 2.28. The summed E-state index contributed by atoms with van der Waals surface area (Å²) in [7, 11) is 0. The Labute approximate surface area is 179 Å². The molecule has 0 radical (unpaired) electrons. The van der Waals surface area contributed by atoms with Gasteiger partial charge < -0.3 is 19.7 Å². The fourth-order valence-electron chi connectivity index (χ4n) is 3.74. The van der Waals surface area contributed by atoms with Gasteiger partial charge >= 0.3 is 0 Å². The minimum absolute atomic E-state index is 0.0293. The summed E-state index contributed by atoms with van der Waals surface area (Å²) in [5.41, 5.74) is 2.03. The molecule has 0 unspecified atom stereocenters. The van der Waals surface area contributed by atoms with Gasteiger partial charge in [-0.3, -0.25) is 14.5 Å². The first-order valence-corrected chi connectivity index (χ1v) is 11.0. The molecule has 0 aliphatic carbocycles. The van der Waals surface area contributed by atoms with E-state index < -0.39 is 0 Å². The summed E-state index contributed by atoms with van der Waals surface area (Å²) in [6.45, 7) is 12.0. The zero-order chi connectivity index (χ0) is 21.6. The Bertz CT molecular complexity index is 744. The summed E-state index contributed by atoms with van der Waals surface area (Å²) < 4.78 is 11.0. The van der Waals surface area contributed by atoms with E-state index in [0.717, 1.165) is 50.7 Å². The van der Waals surface area contributed by atoms with Crippen molar-refractivity contribution in [3.63, 3.8) is 0 Å². The molecule has 1 saturated heterocycles. The van der Waals surface area contributed by atoms with Crippen LogP contribution in [-0.4, -0.2) is 69.3 Å². The predicted octanol–water partition coefficient (Wildman–Crippen LogP) is 2.33. The van der Waals surface area contributed by atoms with E-state index in [1.165, 1.54) is 5.56 Å². The van der Waals surface area contributed by atoms with Gasteiger partial charge in [-0.2, -0.15) is 0 Å². The number of ether oxygens (including phenoxy) is 2. The lowest BCUT2D eigenvalue weighted by atomic mass is 9.82. The number of nitrogens with one attached hydrogen (secondary N) is 1. The van der Waals surface area contributed by atoms with E-state index in [1.54, 1.807) is 4.90 Å². The molecule has 0 aromatic heterocycles. The summed E-state index contributed by atoms with van der Waals surface area (Å²) in [6.07, 6.45) is 2.03. The third-order valence-electron chi connectivity index (χ3n) is 6.21. The van der Waals surface area contributed by atoms with Gasteiger partial charge in [0.15, 0.2) is 6.61 Å². The first-order valence-electron chi connectivity index (χ1n) is 11.0. The number of hydrogen-bond acceptors (Lipinski definition) is 5. The first kappa shape index (κ1) is 22.6. The van der Waals surface area contributed by atoms with Gasteiger partial charge in [-0.25, -0.2) is 0 Å². The Morgan fingerprint density at radius 1 is 1.20 bits per heavy atom. The van der Waals surface area contributed by atoms with Gasteiger partial charge in [-0.05, 0) is 36.0 Å². The van der Waals surface area contributed by atoms with Crippen LogP contribution >= 0.6 is 0 Å². The van der Waals surface area contributed by atoms with Gasteiger partial charge in [0.1, 0.15) is 5.75 Å². The lowest BCUT2D eigenvalue weighted by Gasteiger charge is -2.32. The van der Waals surface area contributed by atoms with Crippen molar-refractivity contribution in [1.29, 1.82) is 0 Å². The standard InChI is InChI=1S/C23H35N3O4/c1-4-23(2,3)18-7-8-20-19(16-18)26(22(28)17-30-20)10-5-6-21(27)24-9-11-25-12-14-29-15-13-25/h7-8,16H,4-6,9-15,17H2,1-3H3,(H,24,27). The van der Waals surface area contributed by atoms with Crippen LogP contribution in [0.15, 0.2) is 18.2 Å². The van der Waals surface area contributed by atoms with Crippen LogP contribution in [0.5, 0.6) is 5.75 Å². The Kier molecular flexibility index (Phi) is 7.72. The van der Waals surface area contributed by atoms with E-state index in [-0.39, 0.29) is 23.8 Å². The van der Waals surface area contributed by atoms with Gasteiger partial charge in [0.2, 0.25) is 5.91 Å². The quantitative estimate of drug-likeness (QED) is 0.668. The predicted molar refractivity (Wildman–Crippen MR) is 117 cm³/mol. The van der Waals surface area contributed by atoms with Crippen LogP contribution in [0.1, 0.15) is 45.6 Å². The van der Waals surface area contributed by atoms with Gasteiger partial charge in [0.25, 0.3) is 5.91 Å². The second kappa shape index (κ2) is 10.3. The van der Waals surface area contributed by atoms with E-state index in [0.29, 0.717) is 25.9 Å². The number of carbonyl (C=O) groups excluding carboxylic acids is 2. The molecule has 7 heteroatoms. The Morgan fingerprint density at radius 2 is 1.97 bits per heavy atom. The number of hydrogen-bond donors (Lipinski definition) is 1. The van der Waals surface area contributed by atoms with Crippen LogP contribution < -0.4 is 15.0 Å². The topological polar surface area (TPSA) is 71.1 Å². The van der Waals surface area contributed by atoms with E-state index in [2.05, 4.69) is 43.1 Å². The van der Waals surface area contributed by atoms with Crippen molar-refractivity contribution >= 4 is 17.5 Å². The summed E-state index contributed by atoms with van der Waals surface area (Å²) in [4.78, 5) is 28.8. The highest BCUT2D eigenvalue weighted by Crippen LogP contribution is 2.37. The molecule has 30 heavy (non-hydrogen) atoms. The molecule has 7 nitrogen and oxygen atoms in total. The van der Waals surface area contributed by atoms with Crippen molar-refractivity contribution in [3.05, 3.63) is 23.8 Å². The molecule has 0 bridgehead atoms. The molecule has 2 heterocycles. The molecular weight excluding hydrogens is 382 g/mol. The number of amides is 2. The summed E-state index contributed by atoms with van der Waals surface area (Å²) in [5.74, 6) is 0.715. The maximum Gasteiger partial charge on any atom is 0.265 e. The average molecular weight is 418 g/mol. The molecule has 3 rings (SSSR count). The second-order valence-corrected chi connectivity index (χ2v) is 8.66. The van der Waals surface area contributed by atoms with Crippen molar-refractivity contribution in [1.82, 2.24) is 10.2 Å². The SMILES string of the molecule is CCC(C)(C)c1ccc2c(c1)N(CCCC(=O)NCCN1CCOCC1)C(=O)CO2. The van der Waals surface area contributed by atoms with Crippen molar-refractivity contribution in [3.8, 4) is 5.75 Å². The fraction of sp³-hybridized carbons (Fsp3) is 0.652. The summed E-state index contributed by atoms with van der Waals surface area (Å²) >= 11 is 0. The van der Waals surface area contributed by atoms with Crippen LogP contribution in [0.4, 0.5) is 5.69 Å². The van der Waals surface area contributed by atoms with Crippen molar-refractivity contribution in [2.24, 2.45) is 0 Å². The molecule has 1 N–H and O–H groups in total. The molecule has 1 aromatic carbocycles. The van der Waals surface area contributed by atoms with E-state index >= 15 is 0 Å². The zero-order valence-corrected chi connectivity index (χ0v) is 18.5. The van der Waals surface area contributed by atoms with Gasteiger partial charge in [-0.15, -0.1) is 0 Å². The molecule has 166 valence electrons. The Hall–Kier alpha value is -2.12. The monoisotopic (exact) mass is 417 g/mol. The average Bonchev–Trinajstić information content (AvgIpc) is 2.75. The minimum Gasteiger partial charge on any atom is -0.482 e. The third kappa shape index (κ3) is 5.73. The fourth-order valence-corrected chi connectivity index (χ4v) is 3.74. The molecule has 2 amide bonds. The van der Waals surface area contributed by atoms with Crippen LogP contribution in [-0.2, 0) is 19.7 Å². The van der Waals surface area contributed by atoms with Crippen LogP contribution in [0.25, 0.3) is 0 Å². The minimum atomic E-state index is -0.0540. The second-order valence-electron chi connectivity index (χ2n) is 8.66. The molecule has 0 spiro atoms. The number of anilines is 1. The third-order valence-corrected chi connectivity index (χ3v) is 6.21. The van der Waals surface area contributed by atoms with Gasteiger partial charge in [0, 0.05) is 39.1 Å². The molecule has 2 aliphatic rings. The van der Waals surface area contributed by atoms with E-state index in [9.17, 15) is 9.59 Å². The van der Waals surface area contributed by atoms with Gasteiger partial charge in [-0.1, -0.05) is 26.8 Å². The maximum atomic E-state index is 12.5. The maximum absolute atomic E-state index is 12.5. The van der Waals surface area contributed by atoms with Crippen molar-refractivity contribution < 1.29 is 19.1 Å². The summed E-state index contributed by atoms with van der Waals surface area (Å²) in [5, 5.41) is 2.99. The largest absolute Gasteiger partial charge is 0.482 e. The number of benzene rings is 1. The molecule has 1 aromatic rings. The van der Waals surface area contributed by atoms with Gasteiger partial charge in [0.05, 0.1) is 18.9 Å². The number of rotatable bonds is 9. The molecule has 0 saturated carbocycles. The number of fused-ring (bicyclic) bond motifs is 1. The lowest BCUT2D eigenvalue weighted by molar-refractivity contribution is -0.122. The van der Waals surface area contributed by atoms with Crippen LogP contribution in [0.2, 0.25) is 0 Å². The van der Waals surface area contributed by atoms with Crippen LogP contribution in [0.3, 0.4) is 0 Å². The number of carbonyl (C=O) groups is 2. The smallest absolute Gasteiger partial charge is 0.265 e. The Morgan fingerprint density at radius 3 is 2.70 bits per heavy atom. The van der Waals surface area contributed by atoms with E-state index in [1.807, 2.05) is 6.07 Å². The molecular formula is C23H35N3O4. The lowest BCUT2D eigenvalue weighted by Crippen LogP contribution is -2.42. The highest BCUT2D eigenvalue weighted by molar-refractivity contribution is 5.98. The molecule has 2 aliphatic heterocycles. The summed E-state index contributed by atoms with van der Waals surface area (Å²) in [6, 6.07) is 6.11. The zero-order valence-electron chi connectivity index (χ0n) is 18.5.